The number of benzene rings is 2. The van der Waals surface area contributed by atoms with Gasteiger partial charge < -0.3 is 10.2 Å². The van der Waals surface area contributed by atoms with E-state index in [2.05, 4.69) is 39.1 Å². The van der Waals surface area contributed by atoms with Crippen LogP contribution in [0.3, 0.4) is 0 Å². The van der Waals surface area contributed by atoms with Gasteiger partial charge in [-0.15, -0.1) is 0 Å². The second-order valence-corrected chi connectivity index (χ2v) is 6.48. The van der Waals surface area contributed by atoms with Gasteiger partial charge in [-0.05, 0) is 71.6 Å². The molecule has 2 aromatic rings. The number of carbonyl (C=O) groups is 1. The predicted molar refractivity (Wildman–Crippen MR) is 94.7 cm³/mol. The lowest BCUT2D eigenvalue weighted by Crippen LogP contribution is -2.19. The van der Waals surface area contributed by atoms with Gasteiger partial charge in [-0.25, -0.2) is 0 Å². The lowest BCUT2D eigenvalue weighted by molar-refractivity contribution is 0.102. The van der Waals surface area contributed by atoms with Crippen LogP contribution in [0.4, 0.5) is 11.4 Å². The van der Waals surface area contributed by atoms with Gasteiger partial charge in [0.1, 0.15) is 0 Å². The van der Waals surface area contributed by atoms with Crippen LogP contribution in [-0.4, -0.2) is 19.0 Å². The van der Waals surface area contributed by atoms with Crippen molar-refractivity contribution >= 4 is 33.2 Å². The topological polar surface area (TPSA) is 32.3 Å². The molecule has 1 saturated heterocycles. The first-order valence-corrected chi connectivity index (χ1v) is 8.36. The molecule has 2 aromatic carbocycles. The Balaban J connectivity index is 1.77. The number of hydrogen-bond donors (Lipinski definition) is 1. The fraction of sp³-hybridized carbons (Fsp3) is 0.278. The molecule has 0 radical (unpaired) electrons. The van der Waals surface area contributed by atoms with Gasteiger partial charge in [-0.2, -0.15) is 0 Å². The van der Waals surface area contributed by atoms with Crippen LogP contribution < -0.4 is 10.2 Å². The third-order valence-corrected chi connectivity index (χ3v) is 4.71. The summed E-state index contributed by atoms with van der Waals surface area (Å²) in [7, 11) is 0. The van der Waals surface area contributed by atoms with Crippen LogP contribution in [0.15, 0.2) is 46.9 Å². The summed E-state index contributed by atoms with van der Waals surface area (Å²) in [5, 5.41) is 2.97. The molecule has 4 heteroatoms. The van der Waals surface area contributed by atoms with E-state index in [0.717, 1.165) is 23.2 Å². The summed E-state index contributed by atoms with van der Waals surface area (Å²) in [6.45, 7) is 4.36. The standard InChI is InChI=1S/C18H19BrN2O/c1-13-12-14(8-9-17(13)21-10-4-5-11-21)20-18(22)15-6-2-3-7-16(15)19/h2-3,6-9,12H,4-5,10-11H2,1H3,(H,20,22). The molecular weight excluding hydrogens is 340 g/mol. The van der Waals surface area contributed by atoms with E-state index in [1.54, 1.807) is 0 Å². The van der Waals surface area contributed by atoms with Gasteiger partial charge in [0, 0.05) is 28.9 Å². The first-order chi connectivity index (χ1) is 10.6. The molecule has 1 amide bonds. The van der Waals surface area contributed by atoms with Gasteiger partial charge in [-0.3, -0.25) is 4.79 Å². The van der Waals surface area contributed by atoms with E-state index in [-0.39, 0.29) is 5.91 Å². The van der Waals surface area contributed by atoms with Crippen LogP contribution in [0.2, 0.25) is 0 Å². The average molecular weight is 359 g/mol. The average Bonchev–Trinajstić information content (AvgIpc) is 3.01. The zero-order valence-corrected chi connectivity index (χ0v) is 14.2. The molecule has 3 nitrogen and oxygen atoms in total. The highest BCUT2D eigenvalue weighted by Crippen LogP contribution is 2.27. The Morgan fingerprint density at radius 1 is 1.14 bits per heavy atom. The van der Waals surface area contributed by atoms with Gasteiger partial charge in [0.2, 0.25) is 0 Å². The normalized spacial score (nSPS) is 14.2. The van der Waals surface area contributed by atoms with Crippen molar-refractivity contribution < 1.29 is 4.79 Å². The van der Waals surface area contributed by atoms with Crippen LogP contribution in [0, 0.1) is 6.92 Å². The summed E-state index contributed by atoms with van der Waals surface area (Å²) in [6.07, 6.45) is 2.53. The molecule has 3 rings (SSSR count). The summed E-state index contributed by atoms with van der Waals surface area (Å²) in [5.41, 5.74) is 3.95. The number of halogens is 1. The maximum Gasteiger partial charge on any atom is 0.256 e. The summed E-state index contributed by atoms with van der Waals surface area (Å²) in [4.78, 5) is 14.7. The highest BCUT2D eigenvalue weighted by molar-refractivity contribution is 9.10. The minimum absolute atomic E-state index is 0.0965. The smallest absolute Gasteiger partial charge is 0.256 e. The van der Waals surface area contributed by atoms with Crippen LogP contribution in [0.25, 0.3) is 0 Å². The zero-order valence-electron chi connectivity index (χ0n) is 12.6. The molecular formula is C18H19BrN2O. The lowest BCUT2D eigenvalue weighted by Gasteiger charge is -2.20. The van der Waals surface area contributed by atoms with E-state index in [1.807, 2.05) is 36.4 Å². The van der Waals surface area contributed by atoms with Crippen molar-refractivity contribution in [2.45, 2.75) is 19.8 Å². The number of amides is 1. The maximum absolute atomic E-state index is 12.3. The Hall–Kier alpha value is -1.81. The molecule has 1 aliphatic heterocycles. The number of nitrogens with one attached hydrogen (secondary N) is 1. The first kappa shape index (κ1) is 15.1. The quantitative estimate of drug-likeness (QED) is 0.868. The van der Waals surface area contributed by atoms with Crippen molar-refractivity contribution in [3.63, 3.8) is 0 Å². The van der Waals surface area contributed by atoms with Crippen molar-refractivity contribution in [2.24, 2.45) is 0 Å². The van der Waals surface area contributed by atoms with Gasteiger partial charge in [0.25, 0.3) is 5.91 Å². The molecule has 0 aliphatic carbocycles. The summed E-state index contributed by atoms with van der Waals surface area (Å²) in [5.74, 6) is -0.0965. The van der Waals surface area contributed by atoms with E-state index in [4.69, 9.17) is 0 Å². The lowest BCUT2D eigenvalue weighted by atomic mass is 10.1. The number of anilines is 2. The summed E-state index contributed by atoms with van der Waals surface area (Å²) in [6, 6.07) is 13.6. The number of hydrogen-bond acceptors (Lipinski definition) is 2. The highest BCUT2D eigenvalue weighted by atomic mass is 79.9. The van der Waals surface area contributed by atoms with Gasteiger partial charge in [-0.1, -0.05) is 12.1 Å². The van der Waals surface area contributed by atoms with Gasteiger partial charge >= 0.3 is 0 Å². The van der Waals surface area contributed by atoms with Crippen LogP contribution in [0.5, 0.6) is 0 Å². The van der Waals surface area contributed by atoms with Crippen LogP contribution in [-0.2, 0) is 0 Å². The predicted octanol–water partition coefficient (Wildman–Crippen LogP) is 4.61. The molecule has 1 fully saturated rings. The number of aryl methyl sites for hydroxylation is 1. The number of rotatable bonds is 3. The molecule has 1 aliphatic rings. The first-order valence-electron chi connectivity index (χ1n) is 7.56. The second kappa shape index (κ2) is 6.53. The molecule has 22 heavy (non-hydrogen) atoms. The highest BCUT2D eigenvalue weighted by Gasteiger charge is 2.15. The Morgan fingerprint density at radius 3 is 2.55 bits per heavy atom. The van der Waals surface area contributed by atoms with Crippen molar-refractivity contribution in [2.75, 3.05) is 23.3 Å². The molecule has 0 saturated carbocycles. The number of carbonyl (C=O) groups excluding carboxylic acids is 1. The zero-order chi connectivity index (χ0) is 15.5. The van der Waals surface area contributed by atoms with Crippen molar-refractivity contribution in [1.29, 1.82) is 0 Å². The van der Waals surface area contributed by atoms with E-state index < -0.39 is 0 Å². The Morgan fingerprint density at radius 2 is 1.86 bits per heavy atom. The van der Waals surface area contributed by atoms with E-state index in [1.165, 1.54) is 24.1 Å². The fourth-order valence-electron chi connectivity index (χ4n) is 2.89. The second-order valence-electron chi connectivity index (χ2n) is 5.63. The van der Waals surface area contributed by atoms with Crippen LogP contribution in [0.1, 0.15) is 28.8 Å². The Bertz CT molecular complexity index is 693. The Kier molecular flexibility index (Phi) is 4.48. The monoisotopic (exact) mass is 358 g/mol. The SMILES string of the molecule is Cc1cc(NC(=O)c2ccccc2Br)ccc1N1CCCC1. The molecule has 1 N–H and O–H groups in total. The molecule has 0 atom stereocenters. The van der Waals surface area contributed by atoms with Gasteiger partial charge in [0.15, 0.2) is 0 Å². The third kappa shape index (κ3) is 3.17. The van der Waals surface area contributed by atoms with Gasteiger partial charge in [0.05, 0.1) is 5.56 Å². The third-order valence-electron chi connectivity index (χ3n) is 4.02. The molecule has 1 heterocycles. The number of nitrogens with zero attached hydrogens (tertiary/aromatic N) is 1. The van der Waals surface area contributed by atoms with E-state index in [0.29, 0.717) is 5.56 Å². The van der Waals surface area contributed by atoms with Crippen LogP contribution >= 0.6 is 15.9 Å². The molecule has 114 valence electrons. The minimum Gasteiger partial charge on any atom is -0.371 e. The molecule has 0 bridgehead atoms. The molecule has 0 spiro atoms. The van der Waals surface area contributed by atoms with Crippen molar-refractivity contribution in [3.8, 4) is 0 Å². The summed E-state index contributed by atoms with van der Waals surface area (Å²) >= 11 is 3.41. The minimum atomic E-state index is -0.0965. The molecule has 0 unspecified atom stereocenters. The Labute approximate surface area is 139 Å². The van der Waals surface area contributed by atoms with Crippen molar-refractivity contribution in [1.82, 2.24) is 0 Å². The summed E-state index contributed by atoms with van der Waals surface area (Å²) < 4.78 is 0.804. The largest absolute Gasteiger partial charge is 0.371 e. The van der Waals surface area contributed by atoms with E-state index >= 15 is 0 Å². The van der Waals surface area contributed by atoms with Crippen molar-refractivity contribution in [3.05, 3.63) is 58.1 Å². The maximum atomic E-state index is 12.3. The fourth-order valence-corrected chi connectivity index (χ4v) is 3.35. The van der Waals surface area contributed by atoms with E-state index in [9.17, 15) is 4.79 Å². The molecule has 0 aromatic heterocycles.